The molecule has 0 aliphatic carbocycles. The molecule has 118 valence electrons. The van der Waals surface area contributed by atoms with Crippen LogP contribution in [0.2, 0.25) is 5.02 Å². The van der Waals surface area contributed by atoms with Gasteiger partial charge in [-0.05, 0) is 18.2 Å². The average molecular weight is 334 g/mol. The summed E-state index contributed by atoms with van der Waals surface area (Å²) in [5.41, 5.74) is -1.59. The summed E-state index contributed by atoms with van der Waals surface area (Å²) in [5, 5.41) is 21.6. The van der Waals surface area contributed by atoms with Crippen molar-refractivity contribution in [3.05, 3.63) is 40.6 Å². The van der Waals surface area contributed by atoms with E-state index in [1.807, 2.05) is 0 Å². The number of amides is 1. The van der Waals surface area contributed by atoms with Crippen LogP contribution in [0.3, 0.4) is 0 Å². The van der Waals surface area contributed by atoms with Gasteiger partial charge in [-0.2, -0.15) is 18.4 Å². The van der Waals surface area contributed by atoms with Crippen LogP contribution in [0.4, 0.5) is 18.9 Å². The Bertz CT molecular complexity index is 624. The van der Waals surface area contributed by atoms with Crippen molar-refractivity contribution < 1.29 is 23.1 Å². The van der Waals surface area contributed by atoms with Crippen molar-refractivity contribution in [2.45, 2.75) is 6.18 Å². The molecule has 0 saturated heterocycles. The van der Waals surface area contributed by atoms with Crippen LogP contribution >= 0.6 is 11.6 Å². The van der Waals surface area contributed by atoms with Gasteiger partial charge in [0.2, 0.25) is 0 Å². The molecule has 5 nitrogen and oxygen atoms in total. The number of benzene rings is 1. The molecular weight excluding hydrogens is 323 g/mol. The summed E-state index contributed by atoms with van der Waals surface area (Å²) < 4.78 is 38.1. The zero-order valence-electron chi connectivity index (χ0n) is 11.0. The molecule has 3 N–H and O–H groups in total. The van der Waals surface area contributed by atoms with Gasteiger partial charge in [-0.3, -0.25) is 4.79 Å². The lowest BCUT2D eigenvalue weighted by atomic mass is 10.2. The summed E-state index contributed by atoms with van der Waals surface area (Å²) in [7, 11) is 0. The fourth-order valence-corrected chi connectivity index (χ4v) is 1.63. The Morgan fingerprint density at radius 3 is 2.68 bits per heavy atom. The highest BCUT2D eigenvalue weighted by Crippen LogP contribution is 2.36. The minimum atomic E-state index is -4.66. The number of alkyl halides is 3. The number of nitrogens with zero attached hydrogens (tertiary/aromatic N) is 1. The number of halogens is 4. The second kappa shape index (κ2) is 7.68. The Morgan fingerprint density at radius 2 is 2.14 bits per heavy atom. The number of hydrogen-bond donors (Lipinski definition) is 3. The zero-order chi connectivity index (χ0) is 16.8. The van der Waals surface area contributed by atoms with Crippen LogP contribution in [-0.4, -0.2) is 24.2 Å². The van der Waals surface area contributed by atoms with Gasteiger partial charge in [-0.15, -0.1) is 0 Å². The highest BCUT2D eigenvalue weighted by molar-refractivity contribution is 6.31. The van der Waals surface area contributed by atoms with Gasteiger partial charge in [0, 0.05) is 18.4 Å². The van der Waals surface area contributed by atoms with Crippen molar-refractivity contribution in [1.29, 1.82) is 5.26 Å². The lowest BCUT2D eigenvalue weighted by molar-refractivity contribution is -0.137. The van der Waals surface area contributed by atoms with E-state index in [2.05, 4.69) is 10.6 Å². The van der Waals surface area contributed by atoms with E-state index in [1.165, 1.54) is 6.07 Å². The molecule has 0 unspecified atom stereocenters. The molecule has 0 bridgehead atoms. The molecule has 0 spiro atoms. The Morgan fingerprint density at radius 1 is 1.45 bits per heavy atom. The van der Waals surface area contributed by atoms with Crippen molar-refractivity contribution in [2.24, 2.45) is 0 Å². The molecule has 22 heavy (non-hydrogen) atoms. The molecule has 0 aliphatic rings. The Balaban J connectivity index is 2.93. The molecule has 1 amide bonds. The third-order valence-corrected chi connectivity index (χ3v) is 2.73. The fourth-order valence-electron chi connectivity index (χ4n) is 1.41. The van der Waals surface area contributed by atoms with E-state index in [4.69, 9.17) is 22.0 Å². The summed E-state index contributed by atoms with van der Waals surface area (Å²) in [4.78, 5) is 11.8. The SMILES string of the molecule is N#C/C(=C/NCCO)C(=O)Nc1ccc(Cl)c(C(F)(F)F)c1. The number of anilines is 1. The van der Waals surface area contributed by atoms with E-state index in [-0.39, 0.29) is 24.4 Å². The molecule has 0 fully saturated rings. The maximum atomic E-state index is 12.7. The summed E-state index contributed by atoms with van der Waals surface area (Å²) in [6.07, 6.45) is -3.60. The van der Waals surface area contributed by atoms with Gasteiger partial charge < -0.3 is 15.7 Å². The molecule has 0 radical (unpaired) electrons. The molecule has 1 rings (SSSR count). The molecule has 1 aromatic carbocycles. The standard InChI is InChI=1S/C13H11ClF3N3O2/c14-11-2-1-9(5-10(11)13(15,16)17)20-12(22)8(6-18)7-19-3-4-21/h1-2,5,7,19,21H,3-4H2,(H,20,22)/b8-7-. The fraction of sp³-hybridized carbons (Fsp3) is 0.231. The Labute approximate surface area is 129 Å². The smallest absolute Gasteiger partial charge is 0.395 e. The van der Waals surface area contributed by atoms with Crippen LogP contribution in [0.15, 0.2) is 30.0 Å². The van der Waals surface area contributed by atoms with Gasteiger partial charge in [0.15, 0.2) is 0 Å². The summed E-state index contributed by atoms with van der Waals surface area (Å²) >= 11 is 5.46. The number of nitrogens with one attached hydrogen (secondary N) is 2. The van der Waals surface area contributed by atoms with Gasteiger partial charge >= 0.3 is 6.18 Å². The molecular formula is C13H11ClF3N3O2. The van der Waals surface area contributed by atoms with E-state index >= 15 is 0 Å². The largest absolute Gasteiger partial charge is 0.417 e. The van der Waals surface area contributed by atoms with Crippen LogP contribution in [0.5, 0.6) is 0 Å². The van der Waals surface area contributed by atoms with Crippen LogP contribution in [0.25, 0.3) is 0 Å². The normalized spacial score (nSPS) is 11.7. The maximum Gasteiger partial charge on any atom is 0.417 e. The first-order chi connectivity index (χ1) is 10.3. The van der Waals surface area contributed by atoms with Gasteiger partial charge in [-0.25, -0.2) is 0 Å². The lowest BCUT2D eigenvalue weighted by Crippen LogP contribution is -2.18. The van der Waals surface area contributed by atoms with Crippen molar-refractivity contribution in [3.8, 4) is 6.07 Å². The van der Waals surface area contributed by atoms with Crippen LogP contribution < -0.4 is 10.6 Å². The third kappa shape index (κ3) is 4.95. The van der Waals surface area contributed by atoms with Crippen molar-refractivity contribution in [3.63, 3.8) is 0 Å². The molecule has 1 aromatic rings. The monoisotopic (exact) mass is 333 g/mol. The van der Waals surface area contributed by atoms with Crippen molar-refractivity contribution in [2.75, 3.05) is 18.5 Å². The van der Waals surface area contributed by atoms with Gasteiger partial charge in [-0.1, -0.05) is 11.6 Å². The molecule has 0 aliphatic heterocycles. The van der Waals surface area contributed by atoms with E-state index < -0.39 is 22.7 Å². The molecule has 0 atom stereocenters. The van der Waals surface area contributed by atoms with Gasteiger partial charge in [0.1, 0.15) is 11.6 Å². The van der Waals surface area contributed by atoms with E-state index in [1.54, 1.807) is 6.07 Å². The molecule has 0 aromatic heterocycles. The van der Waals surface area contributed by atoms with Crippen molar-refractivity contribution >= 4 is 23.2 Å². The first-order valence-corrected chi connectivity index (χ1v) is 6.30. The number of hydrogen-bond acceptors (Lipinski definition) is 4. The number of aliphatic hydroxyl groups excluding tert-OH is 1. The average Bonchev–Trinajstić information content (AvgIpc) is 2.44. The topological polar surface area (TPSA) is 85.2 Å². The van der Waals surface area contributed by atoms with E-state index in [0.717, 1.165) is 12.3 Å². The van der Waals surface area contributed by atoms with E-state index in [9.17, 15) is 18.0 Å². The molecule has 9 heteroatoms. The third-order valence-electron chi connectivity index (χ3n) is 2.40. The van der Waals surface area contributed by atoms with E-state index in [0.29, 0.717) is 6.07 Å². The summed E-state index contributed by atoms with van der Waals surface area (Å²) in [6, 6.07) is 4.46. The zero-order valence-corrected chi connectivity index (χ0v) is 11.8. The molecule has 0 heterocycles. The second-order valence-corrected chi connectivity index (χ2v) is 4.40. The molecule has 0 saturated carbocycles. The Hall–Kier alpha value is -2.24. The van der Waals surface area contributed by atoms with Crippen molar-refractivity contribution in [1.82, 2.24) is 5.32 Å². The first kappa shape index (κ1) is 17.8. The second-order valence-electron chi connectivity index (χ2n) is 3.99. The number of nitriles is 1. The highest BCUT2D eigenvalue weighted by Gasteiger charge is 2.33. The number of rotatable bonds is 5. The quantitative estimate of drug-likeness (QED) is 0.438. The number of carbonyl (C=O) groups excluding carboxylic acids is 1. The summed E-state index contributed by atoms with van der Waals surface area (Å²) in [5.74, 6) is -0.886. The first-order valence-electron chi connectivity index (χ1n) is 5.92. The predicted molar refractivity (Wildman–Crippen MR) is 73.9 cm³/mol. The minimum absolute atomic E-state index is 0.123. The lowest BCUT2D eigenvalue weighted by Gasteiger charge is -2.11. The van der Waals surface area contributed by atoms with Crippen LogP contribution in [0.1, 0.15) is 5.56 Å². The number of aliphatic hydroxyl groups is 1. The summed E-state index contributed by atoms with van der Waals surface area (Å²) in [6.45, 7) is -0.0828. The minimum Gasteiger partial charge on any atom is -0.395 e. The van der Waals surface area contributed by atoms with Gasteiger partial charge in [0.05, 0.1) is 17.2 Å². The predicted octanol–water partition coefficient (Wildman–Crippen LogP) is 2.29. The maximum absolute atomic E-state index is 12.7. The van der Waals surface area contributed by atoms with Gasteiger partial charge in [0.25, 0.3) is 5.91 Å². The Kier molecular flexibility index (Phi) is 6.22. The van der Waals surface area contributed by atoms with Crippen LogP contribution in [-0.2, 0) is 11.0 Å². The van der Waals surface area contributed by atoms with Crippen LogP contribution in [0, 0.1) is 11.3 Å². The highest BCUT2D eigenvalue weighted by atomic mass is 35.5. The number of carbonyl (C=O) groups is 1.